The molecular formula is C26H17IrN2S2-. The topological polar surface area (TPSA) is 25.8 Å². The van der Waals surface area contributed by atoms with Crippen molar-refractivity contribution in [3.05, 3.63) is 109 Å². The number of thiophene rings is 2. The smallest absolute Gasteiger partial charge is 0.0802 e. The number of nitrogens with zero attached hydrogens (tertiary/aromatic N) is 2. The Hall–Kier alpha value is -2.69. The molecule has 4 heterocycles. The molecule has 0 unspecified atom stereocenters. The molecule has 0 N–H and O–H groups in total. The maximum atomic E-state index is 4.35. The number of rotatable bonds is 2. The molecule has 0 aliphatic carbocycles. The Morgan fingerprint density at radius 2 is 1.26 bits per heavy atom. The van der Waals surface area contributed by atoms with Crippen LogP contribution in [0.1, 0.15) is 0 Å². The standard InChI is InChI=1S/C13H9NS.C13H8NS.Ir/c2*1-2-7-12-10(5-1)9-13(15-12)11-6-3-4-8-14-11;/h1-9H;1-8H;/q;-1;. The Kier molecular flexibility index (Phi) is 7.00. The van der Waals surface area contributed by atoms with E-state index in [9.17, 15) is 0 Å². The Bertz CT molecular complexity index is 1220. The summed E-state index contributed by atoms with van der Waals surface area (Å²) < 4.78 is 2.58. The van der Waals surface area contributed by atoms with Gasteiger partial charge in [-0.25, -0.2) is 11.3 Å². The van der Waals surface area contributed by atoms with Gasteiger partial charge in [-0.2, -0.15) is 0 Å². The maximum Gasteiger partial charge on any atom is 0.0802 e. The molecule has 153 valence electrons. The zero-order valence-corrected chi connectivity index (χ0v) is 20.4. The van der Waals surface area contributed by atoms with Crippen molar-refractivity contribution in [1.82, 2.24) is 9.97 Å². The van der Waals surface area contributed by atoms with Gasteiger partial charge >= 0.3 is 0 Å². The van der Waals surface area contributed by atoms with E-state index < -0.39 is 0 Å². The second-order valence-corrected chi connectivity index (χ2v) is 8.77. The molecule has 31 heavy (non-hydrogen) atoms. The maximum absolute atomic E-state index is 4.35. The van der Waals surface area contributed by atoms with Crippen LogP contribution in [0.15, 0.2) is 103 Å². The van der Waals surface area contributed by atoms with Gasteiger partial charge in [-0.3, -0.25) is 4.98 Å². The summed E-state index contributed by atoms with van der Waals surface area (Å²) in [6.07, 6.45) is 3.65. The van der Waals surface area contributed by atoms with Crippen molar-refractivity contribution in [3.8, 4) is 21.1 Å². The molecule has 2 nitrogen and oxygen atoms in total. The number of aromatic nitrogens is 2. The van der Waals surface area contributed by atoms with Gasteiger partial charge < -0.3 is 4.98 Å². The van der Waals surface area contributed by atoms with Gasteiger partial charge in [0.05, 0.1) is 10.6 Å². The predicted molar refractivity (Wildman–Crippen MR) is 129 cm³/mol. The number of fused-ring (bicyclic) bond motifs is 2. The van der Waals surface area contributed by atoms with Crippen molar-refractivity contribution in [1.29, 1.82) is 0 Å². The molecule has 0 saturated heterocycles. The van der Waals surface area contributed by atoms with Crippen molar-refractivity contribution in [2.24, 2.45) is 0 Å². The van der Waals surface area contributed by atoms with Crippen molar-refractivity contribution < 1.29 is 20.1 Å². The van der Waals surface area contributed by atoms with Crippen LogP contribution in [0.3, 0.4) is 0 Å². The summed E-state index contributed by atoms with van der Waals surface area (Å²) in [6.45, 7) is 0. The molecule has 0 amide bonds. The van der Waals surface area contributed by atoms with Crippen molar-refractivity contribution in [2.45, 2.75) is 0 Å². The van der Waals surface area contributed by atoms with Gasteiger partial charge in [0.15, 0.2) is 0 Å². The molecule has 2 aromatic carbocycles. The molecule has 5 heteroatoms. The van der Waals surface area contributed by atoms with E-state index in [1.54, 1.807) is 22.7 Å². The summed E-state index contributed by atoms with van der Waals surface area (Å²) in [5, 5.41) is 2.46. The van der Waals surface area contributed by atoms with E-state index in [1.807, 2.05) is 54.9 Å². The average Bonchev–Trinajstić information content (AvgIpc) is 3.45. The molecule has 0 fully saturated rings. The fraction of sp³-hybridized carbons (Fsp3) is 0. The SMILES string of the molecule is [Ir].[c-]1c(-c2ccccn2)sc2ccccc12.c1ccc(-c2cc3ccccc3s2)nc1. The Labute approximate surface area is 202 Å². The van der Waals surface area contributed by atoms with Gasteiger partial charge in [0, 0.05) is 42.9 Å². The monoisotopic (exact) mass is 614 g/mol. The predicted octanol–water partition coefficient (Wildman–Crippen LogP) is 7.72. The van der Waals surface area contributed by atoms with E-state index in [1.165, 1.54) is 25.0 Å². The first-order valence-electron chi connectivity index (χ1n) is 9.59. The average molecular weight is 614 g/mol. The Balaban J connectivity index is 0.000000144. The summed E-state index contributed by atoms with van der Waals surface area (Å²) in [4.78, 5) is 11.0. The molecule has 1 radical (unpaired) electrons. The summed E-state index contributed by atoms with van der Waals surface area (Å²) in [6, 6.07) is 34.2. The number of benzene rings is 2. The normalized spacial score (nSPS) is 10.3. The van der Waals surface area contributed by atoms with E-state index in [4.69, 9.17) is 0 Å². The second kappa shape index (κ2) is 10.1. The molecule has 0 bridgehead atoms. The third-order valence-electron chi connectivity index (χ3n) is 4.59. The van der Waals surface area contributed by atoms with Gasteiger partial charge in [0.2, 0.25) is 0 Å². The van der Waals surface area contributed by atoms with Crippen LogP contribution in [0.4, 0.5) is 0 Å². The van der Waals surface area contributed by atoms with Gasteiger partial charge in [0.1, 0.15) is 0 Å². The third-order valence-corrected chi connectivity index (χ3v) is 6.82. The molecule has 0 spiro atoms. The van der Waals surface area contributed by atoms with Crippen molar-refractivity contribution in [3.63, 3.8) is 0 Å². The first kappa shape index (κ1) is 21.5. The van der Waals surface area contributed by atoms with Gasteiger partial charge in [-0.15, -0.1) is 34.9 Å². The van der Waals surface area contributed by atoms with E-state index in [0.29, 0.717) is 0 Å². The summed E-state index contributed by atoms with van der Waals surface area (Å²) in [7, 11) is 0. The second-order valence-electron chi connectivity index (χ2n) is 6.63. The molecule has 0 atom stereocenters. The van der Waals surface area contributed by atoms with E-state index in [2.05, 4.69) is 64.6 Å². The van der Waals surface area contributed by atoms with Crippen LogP contribution in [0.2, 0.25) is 0 Å². The minimum atomic E-state index is 0. The van der Waals surface area contributed by atoms with Gasteiger partial charge in [-0.1, -0.05) is 48.5 Å². The van der Waals surface area contributed by atoms with E-state index >= 15 is 0 Å². The zero-order valence-electron chi connectivity index (χ0n) is 16.4. The number of pyridine rings is 2. The summed E-state index contributed by atoms with van der Waals surface area (Å²) >= 11 is 3.52. The van der Waals surface area contributed by atoms with Crippen LogP contribution in [-0.4, -0.2) is 9.97 Å². The van der Waals surface area contributed by atoms with Crippen molar-refractivity contribution >= 4 is 42.8 Å². The van der Waals surface area contributed by atoms with Gasteiger partial charge in [-0.05, 0) is 45.3 Å². The van der Waals surface area contributed by atoms with E-state index in [-0.39, 0.29) is 20.1 Å². The summed E-state index contributed by atoms with van der Waals surface area (Å²) in [5.41, 5.74) is 2.05. The fourth-order valence-electron chi connectivity index (χ4n) is 3.15. The van der Waals surface area contributed by atoms with Gasteiger partial charge in [0.25, 0.3) is 0 Å². The van der Waals surface area contributed by atoms with E-state index in [0.717, 1.165) is 16.3 Å². The van der Waals surface area contributed by atoms with Crippen LogP contribution in [0.5, 0.6) is 0 Å². The molecular weight excluding hydrogens is 597 g/mol. The van der Waals surface area contributed by atoms with Crippen LogP contribution in [-0.2, 0) is 20.1 Å². The van der Waals surface area contributed by atoms with Crippen LogP contribution < -0.4 is 0 Å². The largest absolute Gasteiger partial charge is 0.303 e. The molecule has 0 aliphatic rings. The molecule has 0 aliphatic heterocycles. The first-order chi connectivity index (χ1) is 14.9. The fourth-order valence-corrected chi connectivity index (χ4v) is 5.17. The minimum absolute atomic E-state index is 0. The van der Waals surface area contributed by atoms with Crippen LogP contribution in [0.25, 0.3) is 41.3 Å². The molecule has 0 saturated carbocycles. The zero-order chi connectivity index (χ0) is 20.2. The Morgan fingerprint density at radius 3 is 1.94 bits per heavy atom. The molecule has 4 aromatic heterocycles. The minimum Gasteiger partial charge on any atom is -0.303 e. The number of hydrogen-bond donors (Lipinski definition) is 0. The quantitative estimate of drug-likeness (QED) is 0.187. The third kappa shape index (κ3) is 4.97. The van der Waals surface area contributed by atoms with Crippen molar-refractivity contribution in [2.75, 3.05) is 0 Å². The molecule has 6 aromatic rings. The molecule has 6 rings (SSSR count). The Morgan fingerprint density at radius 1 is 0.613 bits per heavy atom. The van der Waals surface area contributed by atoms with Crippen LogP contribution in [0, 0.1) is 6.07 Å². The number of hydrogen-bond acceptors (Lipinski definition) is 4. The van der Waals surface area contributed by atoms with Crippen LogP contribution >= 0.6 is 22.7 Å². The first-order valence-corrected chi connectivity index (χ1v) is 11.2. The summed E-state index contributed by atoms with van der Waals surface area (Å²) in [5.74, 6) is 0.